The maximum absolute atomic E-state index is 12.3. The van der Waals surface area contributed by atoms with Crippen LogP contribution in [0.1, 0.15) is 29.6 Å². The molecule has 0 aromatic heterocycles. The van der Waals surface area contributed by atoms with Gasteiger partial charge in [0.05, 0.1) is 0 Å². The van der Waals surface area contributed by atoms with E-state index in [4.69, 9.17) is 17.3 Å². The Morgan fingerprint density at radius 1 is 1.44 bits per heavy atom. The summed E-state index contributed by atoms with van der Waals surface area (Å²) in [6, 6.07) is 7.19. The van der Waals surface area contributed by atoms with Gasteiger partial charge in [0, 0.05) is 16.5 Å². The lowest BCUT2D eigenvalue weighted by molar-refractivity contribution is 0.0893. The first-order valence-electron chi connectivity index (χ1n) is 5.72. The molecule has 1 aromatic rings. The van der Waals surface area contributed by atoms with Crippen LogP contribution < -0.4 is 5.73 Å². The third-order valence-electron chi connectivity index (χ3n) is 3.41. The summed E-state index contributed by atoms with van der Waals surface area (Å²) in [5.74, 6) is 0.658. The number of hydrogen-bond donors (Lipinski definition) is 1. The second kappa shape index (κ2) is 4.98. The maximum atomic E-state index is 12.3. The van der Waals surface area contributed by atoms with E-state index in [0.29, 0.717) is 17.5 Å². The number of rotatable bonds is 3. The second-order valence-corrected chi connectivity index (χ2v) is 4.84. The van der Waals surface area contributed by atoms with E-state index in [-0.39, 0.29) is 11.7 Å². The Morgan fingerprint density at radius 2 is 2.25 bits per heavy atom. The van der Waals surface area contributed by atoms with E-state index >= 15 is 0 Å². The zero-order valence-electron chi connectivity index (χ0n) is 9.16. The monoisotopic (exact) mass is 237 g/mol. The molecule has 0 spiro atoms. The van der Waals surface area contributed by atoms with Gasteiger partial charge in [-0.15, -0.1) is 0 Å². The zero-order valence-corrected chi connectivity index (χ0v) is 9.91. The van der Waals surface area contributed by atoms with Gasteiger partial charge < -0.3 is 5.73 Å². The van der Waals surface area contributed by atoms with E-state index in [1.807, 2.05) is 12.1 Å². The molecule has 86 valence electrons. The Hall–Kier alpha value is -0.860. The molecule has 2 unspecified atom stereocenters. The molecular weight excluding hydrogens is 222 g/mol. The molecule has 0 amide bonds. The van der Waals surface area contributed by atoms with Gasteiger partial charge in [0.1, 0.15) is 0 Å². The number of carbonyl (C=O) groups excluding carboxylic acids is 1. The molecule has 1 saturated carbocycles. The highest BCUT2D eigenvalue weighted by atomic mass is 35.5. The maximum Gasteiger partial charge on any atom is 0.166 e. The molecule has 0 heterocycles. The summed E-state index contributed by atoms with van der Waals surface area (Å²) < 4.78 is 0. The van der Waals surface area contributed by atoms with Crippen molar-refractivity contribution in [1.29, 1.82) is 0 Å². The fourth-order valence-electron chi connectivity index (χ4n) is 2.52. The van der Waals surface area contributed by atoms with Gasteiger partial charge in [-0.05, 0) is 37.4 Å². The van der Waals surface area contributed by atoms with Crippen molar-refractivity contribution in [3.63, 3.8) is 0 Å². The van der Waals surface area contributed by atoms with Crippen molar-refractivity contribution in [2.45, 2.75) is 19.3 Å². The molecule has 1 aliphatic rings. The van der Waals surface area contributed by atoms with Gasteiger partial charge in [-0.1, -0.05) is 30.2 Å². The lowest BCUT2D eigenvalue weighted by atomic mass is 9.88. The van der Waals surface area contributed by atoms with Crippen LogP contribution in [0.5, 0.6) is 0 Å². The molecule has 3 heteroatoms. The fraction of sp³-hybridized carbons (Fsp3) is 0.462. The highest BCUT2D eigenvalue weighted by Gasteiger charge is 2.32. The van der Waals surface area contributed by atoms with Crippen molar-refractivity contribution in [3.05, 3.63) is 34.9 Å². The first-order valence-corrected chi connectivity index (χ1v) is 6.10. The van der Waals surface area contributed by atoms with Gasteiger partial charge in [-0.2, -0.15) is 0 Å². The van der Waals surface area contributed by atoms with E-state index in [1.165, 1.54) is 0 Å². The topological polar surface area (TPSA) is 43.1 Å². The molecule has 16 heavy (non-hydrogen) atoms. The van der Waals surface area contributed by atoms with Gasteiger partial charge in [0.15, 0.2) is 5.78 Å². The predicted molar refractivity (Wildman–Crippen MR) is 65.7 cm³/mol. The molecule has 2 nitrogen and oxygen atoms in total. The molecule has 2 atom stereocenters. The smallest absolute Gasteiger partial charge is 0.166 e. The molecule has 0 radical (unpaired) electrons. The van der Waals surface area contributed by atoms with E-state index in [9.17, 15) is 4.79 Å². The summed E-state index contributed by atoms with van der Waals surface area (Å²) in [7, 11) is 0. The number of halogens is 1. The first kappa shape index (κ1) is 11.6. The fourth-order valence-corrected chi connectivity index (χ4v) is 2.71. The van der Waals surface area contributed by atoms with E-state index < -0.39 is 0 Å². The normalized spacial score (nSPS) is 24.6. The van der Waals surface area contributed by atoms with Crippen LogP contribution in [0.4, 0.5) is 0 Å². The third kappa shape index (κ3) is 2.28. The SMILES string of the molecule is NCC1CCCC1C(=O)c1cccc(Cl)c1. The lowest BCUT2D eigenvalue weighted by Crippen LogP contribution is -2.25. The minimum atomic E-state index is 0.100. The summed E-state index contributed by atoms with van der Waals surface area (Å²) in [5.41, 5.74) is 6.41. The summed E-state index contributed by atoms with van der Waals surface area (Å²) in [5, 5.41) is 0.619. The number of carbonyl (C=O) groups is 1. The summed E-state index contributed by atoms with van der Waals surface area (Å²) in [4.78, 5) is 12.3. The average Bonchev–Trinajstić information content (AvgIpc) is 2.76. The largest absolute Gasteiger partial charge is 0.330 e. The van der Waals surface area contributed by atoms with Crippen molar-refractivity contribution in [3.8, 4) is 0 Å². The molecule has 2 N–H and O–H groups in total. The van der Waals surface area contributed by atoms with Gasteiger partial charge in [0.25, 0.3) is 0 Å². The quantitative estimate of drug-likeness (QED) is 0.822. The molecule has 1 aromatic carbocycles. The number of nitrogens with two attached hydrogens (primary N) is 1. The summed E-state index contributed by atoms with van der Waals surface area (Å²) in [6.45, 7) is 0.608. The van der Waals surface area contributed by atoms with Gasteiger partial charge in [-0.25, -0.2) is 0 Å². The van der Waals surface area contributed by atoms with Gasteiger partial charge >= 0.3 is 0 Å². The van der Waals surface area contributed by atoms with Gasteiger partial charge in [0.2, 0.25) is 0 Å². The first-order chi connectivity index (χ1) is 7.72. The van der Waals surface area contributed by atoms with Crippen molar-refractivity contribution >= 4 is 17.4 Å². The predicted octanol–water partition coefficient (Wildman–Crippen LogP) is 2.90. The Balaban J connectivity index is 2.18. The van der Waals surface area contributed by atoms with Crippen molar-refractivity contribution in [2.24, 2.45) is 17.6 Å². The van der Waals surface area contributed by atoms with Crippen LogP contribution in [0.15, 0.2) is 24.3 Å². The number of benzene rings is 1. The molecule has 1 fully saturated rings. The molecule has 1 aliphatic carbocycles. The molecular formula is C13H16ClNO. The Morgan fingerprint density at radius 3 is 2.94 bits per heavy atom. The Kier molecular flexibility index (Phi) is 3.62. The second-order valence-electron chi connectivity index (χ2n) is 4.41. The molecule has 0 aliphatic heterocycles. The lowest BCUT2D eigenvalue weighted by Gasteiger charge is -2.16. The van der Waals surface area contributed by atoms with Crippen molar-refractivity contribution in [2.75, 3.05) is 6.54 Å². The number of hydrogen-bond acceptors (Lipinski definition) is 2. The Bertz CT molecular complexity index is 391. The minimum absolute atomic E-state index is 0.100. The Labute approximate surface area is 101 Å². The van der Waals surface area contributed by atoms with Crippen LogP contribution >= 0.6 is 11.6 Å². The van der Waals surface area contributed by atoms with Crippen LogP contribution in [0.2, 0.25) is 5.02 Å². The van der Waals surface area contributed by atoms with Crippen LogP contribution in [0.3, 0.4) is 0 Å². The van der Waals surface area contributed by atoms with Gasteiger partial charge in [-0.3, -0.25) is 4.79 Å². The molecule has 2 rings (SSSR count). The van der Waals surface area contributed by atoms with Crippen LogP contribution in [-0.4, -0.2) is 12.3 Å². The summed E-state index contributed by atoms with van der Waals surface area (Å²) in [6.07, 6.45) is 3.15. The van der Waals surface area contributed by atoms with Crippen LogP contribution in [0.25, 0.3) is 0 Å². The zero-order chi connectivity index (χ0) is 11.5. The molecule has 0 saturated heterocycles. The highest BCUT2D eigenvalue weighted by Crippen LogP contribution is 2.33. The van der Waals surface area contributed by atoms with Crippen molar-refractivity contribution in [1.82, 2.24) is 0 Å². The van der Waals surface area contributed by atoms with Crippen molar-refractivity contribution < 1.29 is 4.79 Å². The highest BCUT2D eigenvalue weighted by molar-refractivity contribution is 6.31. The summed E-state index contributed by atoms with van der Waals surface area (Å²) >= 11 is 5.89. The van der Waals surface area contributed by atoms with E-state index in [2.05, 4.69) is 0 Å². The third-order valence-corrected chi connectivity index (χ3v) is 3.64. The minimum Gasteiger partial charge on any atom is -0.330 e. The average molecular weight is 238 g/mol. The molecule has 0 bridgehead atoms. The number of ketones is 1. The van der Waals surface area contributed by atoms with Crippen LogP contribution in [-0.2, 0) is 0 Å². The number of Topliss-reactive ketones (excluding diaryl/α,β-unsaturated/α-hetero) is 1. The van der Waals surface area contributed by atoms with E-state index in [0.717, 1.165) is 24.8 Å². The van der Waals surface area contributed by atoms with E-state index in [1.54, 1.807) is 12.1 Å². The standard InChI is InChI=1S/C13H16ClNO/c14-11-5-1-3-9(7-11)13(16)12-6-2-4-10(12)8-15/h1,3,5,7,10,12H,2,4,6,8,15H2. The van der Waals surface area contributed by atoms with Crippen LogP contribution in [0, 0.1) is 11.8 Å².